The number of carbonyl (C=O) groups excluding carboxylic acids is 1. The van der Waals surface area contributed by atoms with Crippen LogP contribution in [0.5, 0.6) is 0 Å². The molecule has 1 aliphatic rings. The number of aromatic nitrogens is 1. The number of anilines is 1. The summed E-state index contributed by atoms with van der Waals surface area (Å²) in [6, 6.07) is 5.65. The first-order valence-corrected chi connectivity index (χ1v) is 8.68. The van der Waals surface area contributed by atoms with E-state index in [4.69, 9.17) is 10.00 Å². The summed E-state index contributed by atoms with van der Waals surface area (Å²) in [5.74, 6) is 0.639. The topological polar surface area (TPSA) is 81.5 Å². The Balaban J connectivity index is 1.66. The largest absolute Gasteiger partial charge is 0.444 e. The number of nitrogens with one attached hydrogen (secondary N) is 1. The molecule has 0 radical (unpaired) electrons. The second-order valence-electron chi connectivity index (χ2n) is 7.10. The van der Waals surface area contributed by atoms with Gasteiger partial charge in [0.2, 0.25) is 0 Å². The molecule has 0 bridgehead atoms. The molecule has 0 atom stereocenters. The van der Waals surface area contributed by atoms with Gasteiger partial charge in [0.05, 0.1) is 5.56 Å². The molecule has 0 unspecified atom stereocenters. The van der Waals surface area contributed by atoms with Gasteiger partial charge in [-0.1, -0.05) is 0 Å². The lowest BCUT2D eigenvalue weighted by molar-refractivity contribution is 0.0145. The Morgan fingerprint density at radius 1 is 1.36 bits per heavy atom. The molecule has 0 aliphatic carbocycles. The predicted octanol–water partition coefficient (Wildman–Crippen LogP) is 2.31. The van der Waals surface area contributed by atoms with Gasteiger partial charge in [0.25, 0.3) is 0 Å². The summed E-state index contributed by atoms with van der Waals surface area (Å²) < 4.78 is 5.41. The molecule has 2 rings (SSSR count). The molecule has 1 N–H and O–H groups in total. The van der Waals surface area contributed by atoms with E-state index >= 15 is 0 Å². The molecule has 7 nitrogen and oxygen atoms in total. The van der Waals surface area contributed by atoms with Gasteiger partial charge in [0.1, 0.15) is 17.5 Å². The zero-order valence-corrected chi connectivity index (χ0v) is 15.3. The minimum absolute atomic E-state index is 0.229. The van der Waals surface area contributed by atoms with Gasteiger partial charge in [0, 0.05) is 38.9 Å². The molecule has 136 valence electrons. The highest BCUT2D eigenvalue weighted by atomic mass is 16.6. The van der Waals surface area contributed by atoms with E-state index < -0.39 is 5.60 Å². The lowest BCUT2D eigenvalue weighted by atomic mass is 10.2. The summed E-state index contributed by atoms with van der Waals surface area (Å²) in [4.78, 5) is 20.3. The molecule has 1 saturated heterocycles. The number of piperazine rings is 1. The highest BCUT2D eigenvalue weighted by Crippen LogP contribution is 2.12. The summed E-state index contributed by atoms with van der Waals surface area (Å²) in [7, 11) is 0. The van der Waals surface area contributed by atoms with Gasteiger partial charge in [-0.2, -0.15) is 5.26 Å². The number of nitrogens with zero attached hydrogens (tertiary/aromatic N) is 4. The van der Waals surface area contributed by atoms with E-state index in [2.05, 4.69) is 21.3 Å². The summed E-state index contributed by atoms with van der Waals surface area (Å²) in [5.41, 5.74) is 0.113. The highest BCUT2D eigenvalue weighted by Gasteiger charge is 2.25. The molecule has 0 spiro atoms. The maximum absolute atomic E-state index is 12.0. The Labute approximate surface area is 149 Å². The molecule has 1 aromatic rings. The average molecular weight is 345 g/mol. The van der Waals surface area contributed by atoms with E-state index in [0.717, 1.165) is 32.6 Å². The smallest absolute Gasteiger partial charge is 0.410 e. The minimum Gasteiger partial charge on any atom is -0.444 e. The number of amides is 1. The molecule has 1 aliphatic heterocycles. The van der Waals surface area contributed by atoms with Crippen molar-refractivity contribution in [2.45, 2.75) is 32.8 Å². The Hall–Kier alpha value is -2.33. The number of rotatable bonds is 5. The Kier molecular flexibility index (Phi) is 6.59. The standard InChI is InChI=1S/C18H27N5O2/c1-18(2,3)25-17(24)23-12-10-22(11-13-23)9-5-8-21-16-15(14-19)6-4-7-20-16/h4,6-7H,5,8-13H2,1-3H3,(H,20,21). The van der Waals surface area contributed by atoms with Crippen molar-refractivity contribution in [3.05, 3.63) is 23.9 Å². The fraction of sp³-hybridized carbons (Fsp3) is 0.611. The second kappa shape index (κ2) is 8.67. The number of nitriles is 1. The van der Waals surface area contributed by atoms with E-state index in [1.165, 1.54) is 0 Å². The van der Waals surface area contributed by atoms with Crippen LogP contribution >= 0.6 is 0 Å². The van der Waals surface area contributed by atoms with Gasteiger partial charge < -0.3 is 15.0 Å². The molecular formula is C18H27N5O2. The van der Waals surface area contributed by atoms with E-state index in [1.807, 2.05) is 20.8 Å². The van der Waals surface area contributed by atoms with Crippen LogP contribution in [0, 0.1) is 11.3 Å². The van der Waals surface area contributed by atoms with Crippen LogP contribution in [0.2, 0.25) is 0 Å². The SMILES string of the molecule is CC(C)(C)OC(=O)N1CCN(CCCNc2ncccc2C#N)CC1. The molecule has 0 aromatic carbocycles. The predicted molar refractivity (Wildman–Crippen MR) is 96.3 cm³/mol. The minimum atomic E-state index is -0.451. The van der Waals surface area contributed by atoms with Crippen molar-refractivity contribution in [3.63, 3.8) is 0 Å². The quantitative estimate of drug-likeness (QED) is 0.825. The molecule has 2 heterocycles. The van der Waals surface area contributed by atoms with Gasteiger partial charge in [0.15, 0.2) is 0 Å². The molecule has 25 heavy (non-hydrogen) atoms. The number of ether oxygens (including phenoxy) is 1. The van der Waals surface area contributed by atoms with Crippen molar-refractivity contribution in [3.8, 4) is 6.07 Å². The van der Waals surface area contributed by atoms with Crippen LogP contribution in [0.4, 0.5) is 10.6 Å². The molecule has 1 aromatic heterocycles. The van der Waals surface area contributed by atoms with Crippen molar-refractivity contribution in [2.75, 3.05) is 44.6 Å². The highest BCUT2D eigenvalue weighted by molar-refractivity contribution is 5.68. The van der Waals surface area contributed by atoms with Crippen LogP contribution in [0.3, 0.4) is 0 Å². The normalized spacial score (nSPS) is 15.5. The molecule has 0 saturated carbocycles. The van der Waals surface area contributed by atoms with Gasteiger partial charge >= 0.3 is 6.09 Å². The second-order valence-corrected chi connectivity index (χ2v) is 7.10. The van der Waals surface area contributed by atoms with Crippen molar-refractivity contribution in [1.29, 1.82) is 5.26 Å². The van der Waals surface area contributed by atoms with E-state index in [0.29, 0.717) is 24.5 Å². The van der Waals surface area contributed by atoms with Crippen LogP contribution in [0.1, 0.15) is 32.8 Å². The summed E-state index contributed by atoms with van der Waals surface area (Å²) in [6.07, 6.45) is 2.40. The fourth-order valence-corrected chi connectivity index (χ4v) is 2.63. The third-order valence-electron chi connectivity index (χ3n) is 3.90. The first-order chi connectivity index (χ1) is 11.9. The van der Waals surface area contributed by atoms with Crippen LogP contribution in [0.25, 0.3) is 0 Å². The Morgan fingerprint density at radius 2 is 2.08 bits per heavy atom. The summed E-state index contributed by atoms with van der Waals surface area (Å²) in [6.45, 7) is 10.5. The van der Waals surface area contributed by atoms with Gasteiger partial charge in [-0.3, -0.25) is 4.90 Å². The molecule has 1 amide bonds. The number of carbonyl (C=O) groups is 1. The van der Waals surface area contributed by atoms with E-state index in [-0.39, 0.29) is 6.09 Å². The number of hydrogen-bond acceptors (Lipinski definition) is 6. The summed E-state index contributed by atoms with van der Waals surface area (Å²) in [5, 5.41) is 12.3. The van der Waals surface area contributed by atoms with Crippen molar-refractivity contribution in [1.82, 2.24) is 14.8 Å². The lowest BCUT2D eigenvalue weighted by Gasteiger charge is -2.35. The van der Waals surface area contributed by atoms with E-state index in [1.54, 1.807) is 23.2 Å². The van der Waals surface area contributed by atoms with Crippen LogP contribution in [-0.4, -0.2) is 65.7 Å². The van der Waals surface area contributed by atoms with E-state index in [9.17, 15) is 4.79 Å². The summed E-state index contributed by atoms with van der Waals surface area (Å²) >= 11 is 0. The van der Waals surface area contributed by atoms with Gasteiger partial charge in [-0.15, -0.1) is 0 Å². The average Bonchev–Trinajstić information content (AvgIpc) is 2.58. The maximum Gasteiger partial charge on any atom is 0.410 e. The van der Waals surface area contributed by atoms with Crippen molar-refractivity contribution in [2.24, 2.45) is 0 Å². The fourth-order valence-electron chi connectivity index (χ4n) is 2.63. The van der Waals surface area contributed by atoms with Crippen LogP contribution in [0.15, 0.2) is 18.3 Å². The Morgan fingerprint density at radius 3 is 2.72 bits per heavy atom. The first-order valence-electron chi connectivity index (χ1n) is 8.68. The molecular weight excluding hydrogens is 318 g/mol. The van der Waals surface area contributed by atoms with Crippen molar-refractivity contribution >= 4 is 11.9 Å². The van der Waals surface area contributed by atoms with Crippen LogP contribution < -0.4 is 5.32 Å². The van der Waals surface area contributed by atoms with Crippen LogP contribution in [-0.2, 0) is 4.74 Å². The monoisotopic (exact) mass is 345 g/mol. The molecule has 1 fully saturated rings. The zero-order chi connectivity index (χ0) is 18.3. The lowest BCUT2D eigenvalue weighted by Crippen LogP contribution is -2.50. The zero-order valence-electron chi connectivity index (χ0n) is 15.3. The number of pyridine rings is 1. The molecule has 7 heteroatoms. The number of hydrogen-bond donors (Lipinski definition) is 1. The van der Waals surface area contributed by atoms with Gasteiger partial charge in [-0.25, -0.2) is 9.78 Å². The maximum atomic E-state index is 12.0. The van der Waals surface area contributed by atoms with Crippen molar-refractivity contribution < 1.29 is 9.53 Å². The first kappa shape index (κ1) is 19.0. The Bertz CT molecular complexity index is 613. The third kappa shape index (κ3) is 6.24. The third-order valence-corrected chi connectivity index (χ3v) is 3.90. The van der Waals surface area contributed by atoms with Gasteiger partial charge in [-0.05, 0) is 45.9 Å².